The number of esters is 1. The highest BCUT2D eigenvalue weighted by Gasteiger charge is 2.38. The van der Waals surface area contributed by atoms with Crippen molar-refractivity contribution in [1.82, 2.24) is 14.6 Å². The Kier molecular flexibility index (Phi) is 10.7. The zero-order valence-corrected chi connectivity index (χ0v) is 29.1. The Bertz CT molecular complexity index is 1760. The smallest absolute Gasteiger partial charge is 0.339 e. The van der Waals surface area contributed by atoms with Crippen molar-refractivity contribution in [2.75, 3.05) is 38.3 Å². The summed E-state index contributed by atoms with van der Waals surface area (Å²) in [4.78, 5) is 20.6. The summed E-state index contributed by atoms with van der Waals surface area (Å²) in [7, 11) is 1.38. The van der Waals surface area contributed by atoms with E-state index in [1.165, 1.54) is 7.11 Å². The van der Waals surface area contributed by atoms with E-state index in [0.717, 1.165) is 53.2 Å². The number of aryl methyl sites for hydroxylation is 1. The third kappa shape index (κ3) is 7.80. The fourth-order valence-electron chi connectivity index (χ4n) is 6.08. The number of hydrogen-bond acceptors (Lipinski definition) is 8. The molecule has 1 aliphatic heterocycles. The minimum atomic E-state index is -0.999. The standard InChI is InChI=1S/C39H48N4O5/c1-9-11-24-46-32-18-13-12-17-30(32)28-15-14-16-29(25-28)31-26-33-40-27(3)34(35(37(44)45-8)48-38(4,5)6)36(43(33)41-31)42-21-19-39(7,20-22-42)47-23-10-2/h9-10,12-18,25-26,35H,1-2,11,19-24H2,3-8H3. The highest BCUT2D eigenvalue weighted by molar-refractivity contribution is 5.81. The third-order valence-electron chi connectivity index (χ3n) is 8.56. The summed E-state index contributed by atoms with van der Waals surface area (Å²) in [5.74, 6) is 1.10. The Morgan fingerprint density at radius 3 is 2.46 bits per heavy atom. The van der Waals surface area contributed by atoms with Gasteiger partial charge in [-0.05, 0) is 71.6 Å². The number of fused-ring (bicyclic) bond motifs is 1. The molecule has 4 aromatic rings. The lowest BCUT2D eigenvalue weighted by Gasteiger charge is -2.41. The third-order valence-corrected chi connectivity index (χ3v) is 8.56. The minimum Gasteiger partial charge on any atom is -0.493 e. The molecule has 2 aromatic carbocycles. The summed E-state index contributed by atoms with van der Waals surface area (Å²) >= 11 is 0. The van der Waals surface area contributed by atoms with E-state index in [-0.39, 0.29) is 5.60 Å². The van der Waals surface area contributed by atoms with Crippen LogP contribution >= 0.6 is 0 Å². The normalized spacial score (nSPS) is 15.2. The highest BCUT2D eigenvalue weighted by Crippen LogP contribution is 2.39. The van der Waals surface area contributed by atoms with E-state index in [1.807, 2.05) is 74.7 Å². The first kappa shape index (κ1) is 34.9. The fraction of sp³-hybridized carbons (Fsp3) is 0.410. The lowest BCUT2D eigenvalue weighted by molar-refractivity contribution is -0.164. The molecule has 254 valence electrons. The number of benzene rings is 2. The zero-order chi connectivity index (χ0) is 34.5. The lowest BCUT2D eigenvalue weighted by Crippen LogP contribution is -2.45. The van der Waals surface area contributed by atoms with Crippen LogP contribution in [0.5, 0.6) is 5.75 Å². The molecule has 48 heavy (non-hydrogen) atoms. The molecule has 0 spiro atoms. The molecule has 3 heterocycles. The maximum absolute atomic E-state index is 13.4. The summed E-state index contributed by atoms with van der Waals surface area (Å²) in [6.07, 6.45) is 4.98. The Labute approximate surface area is 284 Å². The van der Waals surface area contributed by atoms with Gasteiger partial charge in [-0.3, -0.25) is 0 Å². The van der Waals surface area contributed by atoms with Gasteiger partial charge in [0.1, 0.15) is 11.6 Å². The van der Waals surface area contributed by atoms with Crippen LogP contribution in [0.25, 0.3) is 28.0 Å². The van der Waals surface area contributed by atoms with E-state index >= 15 is 0 Å². The molecule has 2 aromatic heterocycles. The van der Waals surface area contributed by atoms with Gasteiger partial charge in [-0.2, -0.15) is 9.61 Å². The SMILES string of the molecule is C=CCCOc1ccccc1-c1cccc(-c2cc3nc(C)c(C(OC(C)(C)C)C(=O)OC)c(N4CCC(C)(OCC=C)CC4)n3n2)c1. The molecular weight excluding hydrogens is 604 g/mol. The average Bonchev–Trinajstić information content (AvgIpc) is 3.50. The highest BCUT2D eigenvalue weighted by atomic mass is 16.6. The number of piperidine rings is 1. The van der Waals surface area contributed by atoms with Crippen molar-refractivity contribution in [2.24, 2.45) is 0 Å². The van der Waals surface area contributed by atoms with E-state index in [9.17, 15) is 4.79 Å². The molecule has 0 radical (unpaired) electrons. The first-order valence-electron chi connectivity index (χ1n) is 16.6. The van der Waals surface area contributed by atoms with E-state index in [4.69, 9.17) is 29.0 Å². The summed E-state index contributed by atoms with van der Waals surface area (Å²) in [6.45, 7) is 19.9. The van der Waals surface area contributed by atoms with Crippen molar-refractivity contribution in [1.29, 1.82) is 0 Å². The van der Waals surface area contributed by atoms with Crippen LogP contribution in [0.2, 0.25) is 0 Å². The molecule has 0 aliphatic carbocycles. The number of anilines is 1. The predicted molar refractivity (Wildman–Crippen MR) is 191 cm³/mol. The molecular formula is C39H48N4O5. The first-order chi connectivity index (χ1) is 23.0. The maximum atomic E-state index is 13.4. The number of nitrogens with zero attached hydrogens (tertiary/aromatic N) is 4. The second-order valence-corrected chi connectivity index (χ2v) is 13.4. The van der Waals surface area contributed by atoms with Crippen molar-refractivity contribution in [2.45, 2.75) is 71.2 Å². The fourth-order valence-corrected chi connectivity index (χ4v) is 6.08. The first-order valence-corrected chi connectivity index (χ1v) is 16.6. The molecule has 1 saturated heterocycles. The van der Waals surface area contributed by atoms with Gasteiger partial charge in [-0.25, -0.2) is 9.78 Å². The number of carbonyl (C=O) groups is 1. The molecule has 0 amide bonds. The van der Waals surface area contributed by atoms with Crippen LogP contribution in [0.1, 0.15) is 64.3 Å². The molecule has 9 heteroatoms. The molecule has 5 rings (SSSR count). The number of ether oxygens (including phenoxy) is 4. The van der Waals surface area contributed by atoms with Gasteiger partial charge in [-0.15, -0.1) is 13.2 Å². The van der Waals surface area contributed by atoms with Crippen LogP contribution < -0.4 is 9.64 Å². The van der Waals surface area contributed by atoms with Gasteiger partial charge in [0, 0.05) is 36.0 Å². The molecule has 0 saturated carbocycles. The van der Waals surface area contributed by atoms with Crippen molar-refractivity contribution in [3.63, 3.8) is 0 Å². The van der Waals surface area contributed by atoms with Gasteiger partial charge in [0.25, 0.3) is 0 Å². The van der Waals surface area contributed by atoms with Gasteiger partial charge in [0.05, 0.1) is 42.8 Å². The van der Waals surface area contributed by atoms with Crippen molar-refractivity contribution in [3.8, 4) is 28.1 Å². The molecule has 0 bridgehead atoms. The molecule has 1 aliphatic rings. The van der Waals surface area contributed by atoms with Crippen LogP contribution in [0.3, 0.4) is 0 Å². The number of methoxy groups -OCH3 is 1. The Balaban J connectivity index is 1.62. The quantitative estimate of drug-likeness (QED) is 0.0818. The van der Waals surface area contributed by atoms with Crippen molar-refractivity contribution < 1.29 is 23.7 Å². The topological polar surface area (TPSA) is 87.4 Å². The monoisotopic (exact) mass is 652 g/mol. The summed E-state index contributed by atoms with van der Waals surface area (Å²) in [5, 5.41) is 5.15. The van der Waals surface area contributed by atoms with E-state index in [1.54, 1.807) is 6.08 Å². The van der Waals surface area contributed by atoms with E-state index < -0.39 is 17.7 Å². The average molecular weight is 653 g/mol. The van der Waals surface area contributed by atoms with Crippen LogP contribution in [0, 0.1) is 6.92 Å². The van der Waals surface area contributed by atoms with E-state index in [0.29, 0.717) is 43.2 Å². The van der Waals surface area contributed by atoms with Crippen LogP contribution in [-0.2, 0) is 19.0 Å². The lowest BCUT2D eigenvalue weighted by atomic mass is 9.92. The van der Waals surface area contributed by atoms with Gasteiger partial charge in [-0.1, -0.05) is 48.6 Å². The Morgan fingerprint density at radius 2 is 1.77 bits per heavy atom. The molecule has 1 atom stereocenters. The minimum absolute atomic E-state index is 0.281. The maximum Gasteiger partial charge on any atom is 0.339 e. The largest absolute Gasteiger partial charge is 0.493 e. The number of aromatic nitrogens is 3. The summed E-state index contributed by atoms with van der Waals surface area (Å²) in [5.41, 5.74) is 4.80. The van der Waals surface area contributed by atoms with Crippen molar-refractivity contribution >= 4 is 17.4 Å². The number of hydrogen-bond donors (Lipinski definition) is 0. The van der Waals surface area contributed by atoms with E-state index in [2.05, 4.69) is 43.2 Å². The van der Waals surface area contributed by atoms with Crippen LogP contribution in [0.15, 0.2) is 79.9 Å². The number of para-hydroxylation sites is 1. The molecule has 9 nitrogen and oxygen atoms in total. The second kappa shape index (κ2) is 14.7. The van der Waals surface area contributed by atoms with Crippen LogP contribution in [-0.4, -0.2) is 65.2 Å². The van der Waals surface area contributed by atoms with Gasteiger partial charge in [0.2, 0.25) is 0 Å². The number of carbonyl (C=O) groups excluding carboxylic acids is 1. The Hall–Kier alpha value is -4.47. The molecule has 0 N–H and O–H groups in total. The van der Waals surface area contributed by atoms with Gasteiger partial charge < -0.3 is 23.8 Å². The predicted octanol–water partition coefficient (Wildman–Crippen LogP) is 7.92. The van der Waals surface area contributed by atoms with Gasteiger partial charge >= 0.3 is 5.97 Å². The molecule has 1 unspecified atom stereocenters. The zero-order valence-electron chi connectivity index (χ0n) is 29.1. The molecule has 1 fully saturated rings. The van der Waals surface area contributed by atoms with Crippen molar-refractivity contribution in [3.05, 3.63) is 91.2 Å². The van der Waals surface area contributed by atoms with Crippen LogP contribution in [0.4, 0.5) is 5.82 Å². The Morgan fingerprint density at radius 1 is 1.04 bits per heavy atom. The summed E-state index contributed by atoms with van der Waals surface area (Å²) < 4.78 is 25.8. The number of rotatable bonds is 13. The summed E-state index contributed by atoms with van der Waals surface area (Å²) in [6, 6.07) is 18.3. The second-order valence-electron chi connectivity index (χ2n) is 13.4. The van der Waals surface area contributed by atoms with Gasteiger partial charge in [0.15, 0.2) is 11.8 Å².